The van der Waals surface area contributed by atoms with Gasteiger partial charge in [-0.3, -0.25) is 4.79 Å². The minimum Gasteiger partial charge on any atom is -0.267 e. The molecule has 0 radical (unpaired) electrons. The first-order valence-electron chi connectivity index (χ1n) is 4.09. The number of aryl methyl sites for hydroxylation is 1. The van der Waals surface area contributed by atoms with Crippen molar-refractivity contribution in [2.24, 2.45) is 4.99 Å². The van der Waals surface area contributed by atoms with E-state index in [2.05, 4.69) is 20.9 Å². The van der Waals surface area contributed by atoms with Gasteiger partial charge >= 0.3 is 0 Å². The molecule has 0 atom stereocenters. The second-order valence-corrected chi connectivity index (χ2v) is 3.68. The van der Waals surface area contributed by atoms with Crippen LogP contribution in [0.25, 0.3) is 6.08 Å². The monoisotopic (exact) mass is 237 g/mol. The van der Waals surface area contributed by atoms with Crippen LogP contribution in [-0.4, -0.2) is 11.2 Å². The lowest BCUT2D eigenvalue weighted by molar-refractivity contribution is -0.112. The molecule has 0 unspecified atom stereocenters. The molecule has 1 aliphatic heterocycles. The second-order valence-electron chi connectivity index (χ2n) is 2.88. The van der Waals surface area contributed by atoms with E-state index < -0.39 is 0 Å². The summed E-state index contributed by atoms with van der Waals surface area (Å²) < 4.78 is 0. The number of fused-ring (bicyclic) bond motifs is 1. The minimum absolute atomic E-state index is 0.142. The first kappa shape index (κ1) is 8.63. The lowest BCUT2D eigenvalue weighted by Gasteiger charge is -1.96. The van der Waals surface area contributed by atoms with Gasteiger partial charge in [0.15, 0.2) is 0 Å². The first-order chi connectivity index (χ1) is 6.31. The third-order valence-corrected chi connectivity index (χ3v) is 2.43. The van der Waals surface area contributed by atoms with E-state index in [1.54, 1.807) is 6.08 Å². The van der Waals surface area contributed by atoms with Crippen LogP contribution in [0.4, 0.5) is 0 Å². The summed E-state index contributed by atoms with van der Waals surface area (Å²) in [5, 5.41) is 2.71. The minimum atomic E-state index is -0.142. The molecule has 0 spiro atoms. The molecule has 13 heavy (non-hydrogen) atoms. The molecule has 0 saturated carbocycles. The van der Waals surface area contributed by atoms with Crippen LogP contribution < -0.4 is 10.6 Å². The van der Waals surface area contributed by atoms with Gasteiger partial charge in [-0.05, 0) is 18.1 Å². The fraction of sp³-hybridized carbons (Fsp3) is 0.200. The van der Waals surface area contributed by atoms with E-state index in [1.165, 1.54) is 5.56 Å². The highest BCUT2D eigenvalue weighted by molar-refractivity contribution is 9.09. The predicted octanol–water partition coefficient (Wildman–Crippen LogP) is 0.564. The number of carbonyl (C=O) groups is 1. The molecular formula is C10H8BrNO. The molecule has 0 bridgehead atoms. The highest BCUT2D eigenvalue weighted by Crippen LogP contribution is 1.96. The maximum Gasteiger partial charge on any atom is 0.270 e. The molecule has 2 nitrogen and oxygen atoms in total. The van der Waals surface area contributed by atoms with Crippen molar-refractivity contribution in [1.82, 2.24) is 0 Å². The topological polar surface area (TPSA) is 29.4 Å². The van der Waals surface area contributed by atoms with Crippen molar-refractivity contribution in [2.75, 3.05) is 5.33 Å². The van der Waals surface area contributed by atoms with Crippen molar-refractivity contribution in [1.29, 1.82) is 0 Å². The molecule has 0 fully saturated rings. The molecule has 66 valence electrons. The van der Waals surface area contributed by atoms with Crippen LogP contribution in [-0.2, 0) is 11.2 Å². The Morgan fingerprint density at radius 3 is 3.00 bits per heavy atom. The van der Waals surface area contributed by atoms with Gasteiger partial charge in [-0.15, -0.1) is 0 Å². The Hall–Kier alpha value is -0.960. The average Bonchev–Trinajstić information content (AvgIpc) is 2.47. The van der Waals surface area contributed by atoms with Gasteiger partial charge in [0, 0.05) is 16.6 Å². The third-order valence-electron chi connectivity index (χ3n) is 2.04. The molecule has 1 amide bonds. The normalized spacial score (nSPS) is 13.5. The highest BCUT2D eigenvalue weighted by atomic mass is 79.9. The van der Waals surface area contributed by atoms with E-state index in [1.807, 2.05) is 18.2 Å². The summed E-state index contributed by atoms with van der Waals surface area (Å²) in [7, 11) is 0. The van der Waals surface area contributed by atoms with Crippen LogP contribution in [0.5, 0.6) is 0 Å². The van der Waals surface area contributed by atoms with Gasteiger partial charge in [0.1, 0.15) is 0 Å². The molecule has 1 aliphatic rings. The summed E-state index contributed by atoms with van der Waals surface area (Å²) in [6, 6.07) is 5.84. The molecule has 3 heteroatoms. The van der Waals surface area contributed by atoms with Gasteiger partial charge in [0.05, 0.1) is 5.36 Å². The van der Waals surface area contributed by atoms with E-state index in [0.29, 0.717) is 0 Å². The number of benzene rings is 1. The Labute approximate surface area is 84.1 Å². The standard InChI is InChI=1S/C10H8BrNO/c11-5-4-7-2-1-3-9-8(7)6-10(13)12-9/h1-3,6H,4-5H2. The van der Waals surface area contributed by atoms with Gasteiger partial charge in [0.2, 0.25) is 0 Å². The second kappa shape index (κ2) is 3.42. The quantitative estimate of drug-likeness (QED) is 0.692. The van der Waals surface area contributed by atoms with Crippen LogP contribution in [0.2, 0.25) is 0 Å². The average molecular weight is 238 g/mol. The smallest absolute Gasteiger partial charge is 0.267 e. The fourth-order valence-electron chi connectivity index (χ4n) is 1.46. The van der Waals surface area contributed by atoms with Crippen LogP contribution >= 0.6 is 15.9 Å². The van der Waals surface area contributed by atoms with Crippen LogP contribution in [0.15, 0.2) is 23.2 Å². The van der Waals surface area contributed by atoms with Crippen LogP contribution in [0.1, 0.15) is 5.56 Å². The zero-order valence-corrected chi connectivity index (χ0v) is 8.54. The lowest BCUT2D eigenvalue weighted by atomic mass is 10.1. The molecule has 1 heterocycles. The van der Waals surface area contributed by atoms with Crippen molar-refractivity contribution >= 4 is 27.9 Å². The number of rotatable bonds is 2. The van der Waals surface area contributed by atoms with E-state index in [4.69, 9.17) is 0 Å². The van der Waals surface area contributed by atoms with Gasteiger partial charge in [-0.25, -0.2) is 4.99 Å². The summed E-state index contributed by atoms with van der Waals surface area (Å²) in [6.07, 6.45) is 2.54. The van der Waals surface area contributed by atoms with Crippen molar-refractivity contribution < 1.29 is 4.79 Å². The highest BCUT2D eigenvalue weighted by Gasteiger charge is 2.05. The maximum atomic E-state index is 11.0. The molecule has 0 saturated heterocycles. The Kier molecular flexibility index (Phi) is 2.27. The van der Waals surface area contributed by atoms with E-state index in [0.717, 1.165) is 22.3 Å². The molecular weight excluding hydrogens is 230 g/mol. The Balaban J connectivity index is 2.65. The molecule has 0 aromatic heterocycles. The van der Waals surface area contributed by atoms with Crippen molar-refractivity contribution in [2.45, 2.75) is 6.42 Å². The van der Waals surface area contributed by atoms with Gasteiger partial charge in [0.25, 0.3) is 5.91 Å². The fourth-order valence-corrected chi connectivity index (χ4v) is 1.89. The van der Waals surface area contributed by atoms with Crippen LogP contribution in [0, 0.1) is 0 Å². The van der Waals surface area contributed by atoms with Gasteiger partial charge in [-0.1, -0.05) is 28.1 Å². The molecule has 2 rings (SSSR count). The van der Waals surface area contributed by atoms with Crippen molar-refractivity contribution in [3.05, 3.63) is 34.3 Å². The zero-order valence-electron chi connectivity index (χ0n) is 6.96. The number of amides is 1. The van der Waals surface area contributed by atoms with E-state index >= 15 is 0 Å². The maximum absolute atomic E-state index is 11.0. The zero-order chi connectivity index (χ0) is 9.26. The summed E-state index contributed by atoms with van der Waals surface area (Å²) in [5.74, 6) is -0.142. The summed E-state index contributed by atoms with van der Waals surface area (Å²) in [4.78, 5) is 14.9. The molecule has 1 aromatic rings. The number of hydrogen-bond donors (Lipinski definition) is 0. The van der Waals surface area contributed by atoms with E-state index in [9.17, 15) is 4.79 Å². The Morgan fingerprint density at radius 1 is 1.38 bits per heavy atom. The summed E-state index contributed by atoms with van der Waals surface area (Å²) in [6.45, 7) is 0. The SMILES string of the molecule is O=C1C=c2c(CCBr)cccc2=N1. The van der Waals surface area contributed by atoms with Crippen molar-refractivity contribution in [3.8, 4) is 0 Å². The number of halogens is 1. The van der Waals surface area contributed by atoms with Gasteiger partial charge < -0.3 is 0 Å². The van der Waals surface area contributed by atoms with Crippen LogP contribution in [0.3, 0.4) is 0 Å². The first-order valence-corrected chi connectivity index (χ1v) is 5.21. The van der Waals surface area contributed by atoms with E-state index in [-0.39, 0.29) is 5.91 Å². The Morgan fingerprint density at radius 2 is 2.23 bits per heavy atom. The Bertz CT molecular complexity index is 464. The number of carbonyl (C=O) groups excluding carboxylic acids is 1. The number of alkyl halides is 1. The predicted molar refractivity (Wildman–Crippen MR) is 54.2 cm³/mol. The summed E-state index contributed by atoms with van der Waals surface area (Å²) in [5.41, 5.74) is 1.18. The largest absolute Gasteiger partial charge is 0.270 e. The molecule has 1 aromatic carbocycles. The van der Waals surface area contributed by atoms with Crippen molar-refractivity contribution in [3.63, 3.8) is 0 Å². The lowest BCUT2D eigenvalue weighted by Crippen LogP contribution is -2.25. The number of hydrogen-bond acceptors (Lipinski definition) is 1. The molecule has 0 aliphatic carbocycles. The third kappa shape index (κ3) is 1.56. The van der Waals surface area contributed by atoms with Gasteiger partial charge in [-0.2, -0.15) is 0 Å². The number of nitrogens with zero attached hydrogens (tertiary/aromatic N) is 1. The molecule has 0 N–H and O–H groups in total. The summed E-state index contributed by atoms with van der Waals surface area (Å²) >= 11 is 3.38.